The van der Waals surface area contributed by atoms with Crippen LogP contribution in [0.15, 0.2) is 72.0 Å². The van der Waals surface area contributed by atoms with Crippen LogP contribution in [0.3, 0.4) is 0 Å². The molecular formula is C17H17N3S. The van der Waals surface area contributed by atoms with Crippen molar-refractivity contribution in [2.75, 3.05) is 6.26 Å². The summed E-state index contributed by atoms with van der Waals surface area (Å²) in [5.41, 5.74) is 9.61. The van der Waals surface area contributed by atoms with Crippen LogP contribution in [0.5, 0.6) is 0 Å². The summed E-state index contributed by atoms with van der Waals surface area (Å²) in [5.74, 6) is 0. The van der Waals surface area contributed by atoms with Gasteiger partial charge in [0.1, 0.15) is 0 Å². The molecule has 0 fully saturated rings. The molecule has 0 saturated carbocycles. The molecule has 1 unspecified atom stereocenters. The molecule has 0 saturated heterocycles. The number of para-hydroxylation sites is 1. The maximum Gasteiger partial charge on any atom is 0.0995 e. The first-order valence-electron chi connectivity index (χ1n) is 6.77. The van der Waals surface area contributed by atoms with Gasteiger partial charge in [0, 0.05) is 4.90 Å². The monoisotopic (exact) mass is 295 g/mol. The van der Waals surface area contributed by atoms with Gasteiger partial charge in [-0.2, -0.15) is 0 Å². The van der Waals surface area contributed by atoms with Gasteiger partial charge >= 0.3 is 0 Å². The quantitative estimate of drug-likeness (QED) is 0.747. The van der Waals surface area contributed by atoms with Crippen LogP contribution in [-0.4, -0.2) is 15.8 Å². The smallest absolute Gasteiger partial charge is 0.0995 e. The molecule has 4 heteroatoms. The predicted octanol–water partition coefficient (Wildman–Crippen LogP) is 3.64. The second-order valence-electron chi connectivity index (χ2n) is 4.75. The Morgan fingerprint density at radius 3 is 2.52 bits per heavy atom. The number of imidazole rings is 1. The number of thioether (sulfide) groups is 1. The highest BCUT2D eigenvalue weighted by Gasteiger charge is 2.15. The van der Waals surface area contributed by atoms with Crippen molar-refractivity contribution < 1.29 is 0 Å². The predicted molar refractivity (Wildman–Crippen MR) is 87.8 cm³/mol. The Morgan fingerprint density at radius 1 is 1.05 bits per heavy atom. The van der Waals surface area contributed by atoms with E-state index in [0.29, 0.717) is 0 Å². The van der Waals surface area contributed by atoms with Crippen molar-refractivity contribution in [3.05, 3.63) is 78.4 Å². The molecule has 3 rings (SSSR count). The summed E-state index contributed by atoms with van der Waals surface area (Å²) in [4.78, 5) is 5.50. The highest BCUT2D eigenvalue weighted by Crippen LogP contribution is 2.27. The minimum Gasteiger partial charge on any atom is -0.319 e. The SMILES string of the molecule is CSc1ccccc1-n1cncc1C(N)c1ccccc1. The van der Waals surface area contributed by atoms with Crippen molar-refractivity contribution in [1.82, 2.24) is 9.55 Å². The van der Waals surface area contributed by atoms with E-state index in [1.54, 1.807) is 11.8 Å². The molecule has 0 aliphatic heterocycles. The topological polar surface area (TPSA) is 43.8 Å². The van der Waals surface area contributed by atoms with Crippen LogP contribution in [0, 0.1) is 0 Å². The molecule has 1 atom stereocenters. The third-order valence-corrected chi connectivity index (χ3v) is 4.27. The highest BCUT2D eigenvalue weighted by atomic mass is 32.2. The lowest BCUT2D eigenvalue weighted by Gasteiger charge is -2.16. The number of nitrogens with two attached hydrogens (primary N) is 1. The van der Waals surface area contributed by atoms with Gasteiger partial charge in [0.15, 0.2) is 0 Å². The van der Waals surface area contributed by atoms with Gasteiger partial charge in [-0.3, -0.25) is 0 Å². The molecule has 106 valence electrons. The van der Waals surface area contributed by atoms with E-state index in [0.717, 1.165) is 16.9 Å². The molecule has 0 spiro atoms. The maximum absolute atomic E-state index is 6.42. The second-order valence-corrected chi connectivity index (χ2v) is 5.60. The van der Waals surface area contributed by atoms with Crippen molar-refractivity contribution in [3.8, 4) is 5.69 Å². The van der Waals surface area contributed by atoms with Crippen LogP contribution < -0.4 is 5.73 Å². The van der Waals surface area contributed by atoms with E-state index >= 15 is 0 Å². The summed E-state index contributed by atoms with van der Waals surface area (Å²) < 4.78 is 2.07. The van der Waals surface area contributed by atoms with Gasteiger partial charge in [-0.25, -0.2) is 4.98 Å². The van der Waals surface area contributed by atoms with E-state index < -0.39 is 0 Å². The number of nitrogens with zero attached hydrogens (tertiary/aromatic N) is 2. The van der Waals surface area contributed by atoms with Gasteiger partial charge in [0.2, 0.25) is 0 Å². The largest absolute Gasteiger partial charge is 0.319 e. The molecule has 21 heavy (non-hydrogen) atoms. The summed E-state index contributed by atoms with van der Waals surface area (Å²) >= 11 is 1.72. The third-order valence-electron chi connectivity index (χ3n) is 3.49. The lowest BCUT2D eigenvalue weighted by Crippen LogP contribution is -2.16. The second kappa shape index (κ2) is 6.16. The molecule has 0 aliphatic rings. The van der Waals surface area contributed by atoms with Crippen LogP contribution in [-0.2, 0) is 0 Å². The Kier molecular flexibility index (Phi) is 4.08. The van der Waals surface area contributed by atoms with E-state index in [4.69, 9.17) is 5.73 Å². The average Bonchev–Trinajstić information content (AvgIpc) is 3.04. The van der Waals surface area contributed by atoms with Crippen molar-refractivity contribution in [2.24, 2.45) is 5.73 Å². The van der Waals surface area contributed by atoms with Gasteiger partial charge in [0.05, 0.1) is 29.9 Å². The molecule has 1 aromatic heterocycles. The lowest BCUT2D eigenvalue weighted by atomic mass is 10.1. The fourth-order valence-corrected chi connectivity index (χ4v) is 2.99. The Bertz CT molecular complexity index is 722. The zero-order valence-electron chi connectivity index (χ0n) is 11.8. The minimum absolute atomic E-state index is 0.191. The molecule has 0 bridgehead atoms. The highest BCUT2D eigenvalue weighted by molar-refractivity contribution is 7.98. The van der Waals surface area contributed by atoms with Crippen molar-refractivity contribution in [2.45, 2.75) is 10.9 Å². The maximum atomic E-state index is 6.42. The van der Waals surface area contributed by atoms with Gasteiger partial charge in [-0.15, -0.1) is 11.8 Å². The van der Waals surface area contributed by atoms with E-state index in [1.165, 1.54) is 4.90 Å². The van der Waals surface area contributed by atoms with E-state index in [2.05, 4.69) is 27.9 Å². The molecule has 2 N–H and O–H groups in total. The molecule has 0 aliphatic carbocycles. The summed E-state index contributed by atoms with van der Waals surface area (Å²) in [6, 6.07) is 18.2. The van der Waals surface area contributed by atoms with Crippen molar-refractivity contribution >= 4 is 11.8 Å². The molecule has 0 radical (unpaired) electrons. The lowest BCUT2D eigenvalue weighted by molar-refractivity contribution is 0.788. The Hall–Kier alpha value is -2.04. The van der Waals surface area contributed by atoms with E-state index in [9.17, 15) is 0 Å². The number of rotatable bonds is 4. The van der Waals surface area contributed by atoms with Gasteiger partial charge in [0.25, 0.3) is 0 Å². The van der Waals surface area contributed by atoms with Crippen LogP contribution in [0.4, 0.5) is 0 Å². The molecule has 3 aromatic rings. The Morgan fingerprint density at radius 2 is 1.76 bits per heavy atom. The zero-order valence-corrected chi connectivity index (χ0v) is 12.6. The van der Waals surface area contributed by atoms with Crippen LogP contribution in [0.2, 0.25) is 0 Å². The summed E-state index contributed by atoms with van der Waals surface area (Å²) in [7, 11) is 0. The molecule has 3 nitrogen and oxygen atoms in total. The van der Waals surface area contributed by atoms with Gasteiger partial charge in [-0.1, -0.05) is 42.5 Å². The summed E-state index contributed by atoms with van der Waals surface area (Å²) in [6.45, 7) is 0. The van der Waals surface area contributed by atoms with Crippen molar-refractivity contribution in [3.63, 3.8) is 0 Å². The standard InChI is InChI=1S/C17H17N3S/c1-21-16-10-6-5-9-14(16)20-12-19-11-15(20)17(18)13-7-3-2-4-8-13/h2-12,17H,18H2,1H3. The summed E-state index contributed by atoms with van der Waals surface area (Å²) in [6.07, 6.45) is 5.74. The first kappa shape index (κ1) is 13.9. The molecule has 2 aromatic carbocycles. The fraction of sp³-hybridized carbons (Fsp3) is 0.118. The molecule has 0 amide bonds. The summed E-state index contributed by atoms with van der Waals surface area (Å²) in [5, 5.41) is 0. The molecular weight excluding hydrogens is 278 g/mol. The number of hydrogen-bond acceptors (Lipinski definition) is 3. The van der Waals surface area contributed by atoms with Crippen LogP contribution >= 0.6 is 11.8 Å². The van der Waals surface area contributed by atoms with E-state index in [1.807, 2.05) is 55.0 Å². The Labute approximate surface area is 128 Å². The van der Waals surface area contributed by atoms with E-state index in [-0.39, 0.29) is 6.04 Å². The number of benzene rings is 2. The number of hydrogen-bond donors (Lipinski definition) is 1. The first-order valence-corrected chi connectivity index (χ1v) is 8.00. The average molecular weight is 295 g/mol. The minimum atomic E-state index is -0.191. The van der Waals surface area contributed by atoms with Crippen LogP contribution in [0.25, 0.3) is 5.69 Å². The normalized spacial score (nSPS) is 12.3. The number of aromatic nitrogens is 2. The third kappa shape index (κ3) is 2.73. The fourth-order valence-electron chi connectivity index (χ4n) is 2.40. The van der Waals surface area contributed by atoms with Gasteiger partial charge in [-0.05, 0) is 24.0 Å². The zero-order chi connectivity index (χ0) is 14.7. The van der Waals surface area contributed by atoms with Crippen molar-refractivity contribution in [1.29, 1.82) is 0 Å². The first-order chi connectivity index (χ1) is 10.3. The molecule has 1 heterocycles. The van der Waals surface area contributed by atoms with Crippen LogP contribution in [0.1, 0.15) is 17.3 Å². The van der Waals surface area contributed by atoms with Gasteiger partial charge < -0.3 is 10.3 Å². The Balaban J connectivity index is 2.05.